The van der Waals surface area contributed by atoms with E-state index in [1.165, 1.54) is 11.3 Å². The van der Waals surface area contributed by atoms with Crippen LogP contribution in [0.2, 0.25) is 19.6 Å². The summed E-state index contributed by atoms with van der Waals surface area (Å²) in [5.74, 6) is 0.381. The lowest BCUT2D eigenvalue weighted by molar-refractivity contribution is -0.119. The highest BCUT2D eigenvalue weighted by atomic mass is 28.3. The first-order chi connectivity index (χ1) is 9.45. The van der Waals surface area contributed by atoms with Gasteiger partial charge in [0.1, 0.15) is 5.78 Å². The maximum atomic E-state index is 11.3. The van der Waals surface area contributed by atoms with E-state index in [2.05, 4.69) is 48.6 Å². The molecule has 20 heavy (non-hydrogen) atoms. The number of ketones is 1. The third-order valence-electron chi connectivity index (χ3n) is 3.60. The fourth-order valence-corrected chi connectivity index (χ4v) is 3.37. The van der Waals surface area contributed by atoms with Crippen molar-refractivity contribution in [3.63, 3.8) is 0 Å². The molecule has 0 atom stereocenters. The molecule has 108 valence electrons. The van der Waals surface area contributed by atoms with E-state index in [0.29, 0.717) is 18.6 Å². The summed E-state index contributed by atoms with van der Waals surface area (Å²) in [5.41, 5.74) is 2.49. The molecule has 0 spiro atoms. The van der Waals surface area contributed by atoms with Crippen LogP contribution in [0.1, 0.15) is 31.2 Å². The van der Waals surface area contributed by atoms with Crippen molar-refractivity contribution in [2.24, 2.45) is 5.10 Å². The Labute approximate surface area is 122 Å². The summed E-state index contributed by atoms with van der Waals surface area (Å²) < 4.78 is 2.29. The molecular formula is C16H24N2OSi. The highest BCUT2D eigenvalue weighted by molar-refractivity contribution is 6.73. The standard InChI is InChI=1S/C16H24N2OSi/c1-20(2,3)18(13-14-7-5-4-6-8-14)17-15-9-11-16(19)12-10-15/h4-8H,9-13H2,1-3H3. The molecule has 1 aliphatic rings. The predicted octanol–water partition coefficient (Wildman–Crippen LogP) is 3.82. The van der Waals surface area contributed by atoms with Crippen molar-refractivity contribution < 1.29 is 4.79 Å². The minimum Gasteiger partial charge on any atom is -0.320 e. The molecule has 0 N–H and O–H groups in total. The Balaban J connectivity index is 2.12. The van der Waals surface area contributed by atoms with Crippen LogP contribution in [0.4, 0.5) is 0 Å². The first-order valence-electron chi connectivity index (χ1n) is 7.35. The lowest BCUT2D eigenvalue weighted by Crippen LogP contribution is -2.42. The second-order valence-electron chi connectivity index (χ2n) is 6.42. The van der Waals surface area contributed by atoms with Crippen molar-refractivity contribution in [3.05, 3.63) is 35.9 Å². The summed E-state index contributed by atoms with van der Waals surface area (Å²) in [6.45, 7) is 7.81. The summed E-state index contributed by atoms with van der Waals surface area (Å²) in [7, 11) is -1.51. The Hall–Kier alpha value is -1.42. The smallest absolute Gasteiger partial charge is 0.169 e. The summed E-state index contributed by atoms with van der Waals surface area (Å²) in [4.78, 5) is 11.3. The molecule has 0 aliphatic heterocycles. The van der Waals surface area contributed by atoms with Crippen LogP contribution >= 0.6 is 0 Å². The maximum Gasteiger partial charge on any atom is 0.169 e. The predicted molar refractivity (Wildman–Crippen MR) is 86.2 cm³/mol. The molecule has 0 amide bonds. The second-order valence-corrected chi connectivity index (χ2v) is 11.3. The first-order valence-corrected chi connectivity index (χ1v) is 10.8. The van der Waals surface area contributed by atoms with Crippen LogP contribution in [0.25, 0.3) is 0 Å². The van der Waals surface area contributed by atoms with Crippen LogP contribution in [-0.4, -0.2) is 24.4 Å². The van der Waals surface area contributed by atoms with Gasteiger partial charge < -0.3 is 4.67 Å². The van der Waals surface area contributed by atoms with E-state index in [1.807, 2.05) is 6.07 Å². The fraction of sp³-hybridized carbons (Fsp3) is 0.500. The van der Waals surface area contributed by atoms with Gasteiger partial charge in [-0.05, 0) is 18.4 Å². The Kier molecular flexibility index (Phi) is 4.76. The Morgan fingerprint density at radius 1 is 1.05 bits per heavy atom. The molecule has 1 aromatic rings. The van der Waals surface area contributed by atoms with Crippen LogP contribution in [0.3, 0.4) is 0 Å². The molecule has 2 rings (SSSR count). The van der Waals surface area contributed by atoms with Crippen LogP contribution in [0.5, 0.6) is 0 Å². The molecule has 1 fully saturated rings. The lowest BCUT2D eigenvalue weighted by Gasteiger charge is -2.33. The second kappa shape index (κ2) is 6.35. The number of carbonyl (C=O) groups is 1. The number of Topliss-reactive ketones (excluding diaryl/α,β-unsaturated/α-hetero) is 1. The molecule has 0 unspecified atom stereocenters. The quantitative estimate of drug-likeness (QED) is 0.623. The molecule has 4 heteroatoms. The zero-order chi connectivity index (χ0) is 14.6. The number of rotatable bonds is 4. The molecule has 1 aliphatic carbocycles. The number of benzene rings is 1. The molecule has 3 nitrogen and oxygen atoms in total. The van der Waals surface area contributed by atoms with E-state index in [1.54, 1.807) is 0 Å². The molecule has 0 aromatic heterocycles. The number of nitrogens with zero attached hydrogens (tertiary/aromatic N) is 2. The number of hydrogen-bond donors (Lipinski definition) is 0. The van der Waals surface area contributed by atoms with Crippen LogP contribution in [0.15, 0.2) is 35.4 Å². The average molecular weight is 288 g/mol. The molecule has 0 bridgehead atoms. The maximum absolute atomic E-state index is 11.3. The highest BCUT2D eigenvalue weighted by Crippen LogP contribution is 2.19. The molecule has 1 saturated carbocycles. The Morgan fingerprint density at radius 3 is 2.20 bits per heavy atom. The monoisotopic (exact) mass is 288 g/mol. The van der Waals surface area contributed by atoms with Crippen molar-refractivity contribution in [3.8, 4) is 0 Å². The van der Waals surface area contributed by atoms with Crippen LogP contribution in [0, 0.1) is 0 Å². The lowest BCUT2D eigenvalue weighted by atomic mass is 9.97. The van der Waals surface area contributed by atoms with Gasteiger partial charge in [-0.1, -0.05) is 50.0 Å². The van der Waals surface area contributed by atoms with Crippen molar-refractivity contribution in [1.82, 2.24) is 4.67 Å². The van der Waals surface area contributed by atoms with Gasteiger partial charge in [-0.25, -0.2) is 0 Å². The van der Waals surface area contributed by atoms with Gasteiger partial charge in [-0.2, -0.15) is 5.10 Å². The van der Waals surface area contributed by atoms with E-state index in [0.717, 1.165) is 19.4 Å². The van der Waals surface area contributed by atoms with Crippen molar-refractivity contribution >= 4 is 19.7 Å². The van der Waals surface area contributed by atoms with Crippen molar-refractivity contribution in [2.75, 3.05) is 0 Å². The van der Waals surface area contributed by atoms with Gasteiger partial charge in [-0.3, -0.25) is 4.79 Å². The van der Waals surface area contributed by atoms with E-state index < -0.39 is 8.24 Å². The van der Waals surface area contributed by atoms with Gasteiger partial charge in [0.15, 0.2) is 8.24 Å². The summed E-state index contributed by atoms with van der Waals surface area (Å²) >= 11 is 0. The SMILES string of the molecule is C[Si](C)(C)N(Cc1ccccc1)N=C1CCC(=O)CC1. The van der Waals surface area contributed by atoms with Crippen molar-refractivity contribution in [1.29, 1.82) is 0 Å². The topological polar surface area (TPSA) is 32.7 Å². The Morgan fingerprint density at radius 2 is 1.65 bits per heavy atom. The van der Waals surface area contributed by atoms with Gasteiger partial charge in [0.05, 0.1) is 6.54 Å². The molecule has 0 heterocycles. The van der Waals surface area contributed by atoms with Crippen LogP contribution < -0.4 is 0 Å². The zero-order valence-corrected chi connectivity index (χ0v) is 13.7. The minimum atomic E-state index is -1.51. The van der Waals surface area contributed by atoms with Crippen LogP contribution in [-0.2, 0) is 11.3 Å². The normalized spacial score (nSPS) is 16.1. The first kappa shape index (κ1) is 15.0. The summed E-state index contributed by atoms with van der Waals surface area (Å²) in [6, 6.07) is 10.5. The fourth-order valence-electron chi connectivity index (χ4n) is 2.27. The number of hydrogen-bond acceptors (Lipinski definition) is 3. The van der Waals surface area contributed by atoms with Crippen molar-refractivity contribution in [2.45, 2.75) is 51.9 Å². The molecule has 0 radical (unpaired) electrons. The number of carbonyl (C=O) groups excluding carboxylic acids is 1. The number of hydrazone groups is 1. The van der Waals surface area contributed by atoms with Gasteiger partial charge in [-0.15, -0.1) is 0 Å². The van der Waals surface area contributed by atoms with Gasteiger partial charge in [0.25, 0.3) is 0 Å². The largest absolute Gasteiger partial charge is 0.320 e. The van der Waals surface area contributed by atoms with E-state index in [9.17, 15) is 4.79 Å². The highest BCUT2D eigenvalue weighted by Gasteiger charge is 2.24. The van der Waals surface area contributed by atoms with Gasteiger partial charge in [0.2, 0.25) is 0 Å². The van der Waals surface area contributed by atoms with Gasteiger partial charge >= 0.3 is 0 Å². The zero-order valence-electron chi connectivity index (χ0n) is 12.7. The molecule has 0 saturated heterocycles. The molecule has 1 aromatic carbocycles. The minimum absolute atomic E-state index is 0.381. The average Bonchev–Trinajstić information content (AvgIpc) is 2.40. The third-order valence-corrected chi connectivity index (χ3v) is 5.40. The van der Waals surface area contributed by atoms with E-state index >= 15 is 0 Å². The molecular weight excluding hydrogens is 264 g/mol. The summed E-state index contributed by atoms with van der Waals surface area (Å²) in [6.07, 6.45) is 3.02. The van der Waals surface area contributed by atoms with E-state index in [-0.39, 0.29) is 0 Å². The summed E-state index contributed by atoms with van der Waals surface area (Å²) in [5, 5.41) is 4.90. The third kappa shape index (κ3) is 4.30. The Bertz CT molecular complexity index is 479. The van der Waals surface area contributed by atoms with E-state index in [4.69, 9.17) is 5.10 Å². The van der Waals surface area contributed by atoms with Gasteiger partial charge in [0, 0.05) is 18.6 Å².